The van der Waals surface area contributed by atoms with E-state index in [4.69, 9.17) is 11.6 Å². The molecule has 0 unspecified atom stereocenters. The monoisotopic (exact) mass is 418 g/mol. The first-order valence-electron chi connectivity index (χ1n) is 9.58. The van der Waals surface area contributed by atoms with Crippen molar-refractivity contribution >= 4 is 38.9 Å². The number of sulfonamides is 1. The van der Waals surface area contributed by atoms with Gasteiger partial charge in [-0.15, -0.1) is 0 Å². The van der Waals surface area contributed by atoms with Crippen molar-refractivity contribution in [3.8, 4) is 0 Å². The van der Waals surface area contributed by atoms with E-state index in [0.29, 0.717) is 34.7 Å². The quantitative estimate of drug-likeness (QED) is 0.700. The van der Waals surface area contributed by atoms with Gasteiger partial charge in [-0.05, 0) is 67.3 Å². The van der Waals surface area contributed by atoms with Gasteiger partial charge in [0.25, 0.3) is 10.0 Å². The minimum atomic E-state index is -3.81. The first-order chi connectivity index (χ1) is 13.4. The zero-order valence-corrected chi connectivity index (χ0v) is 17.0. The zero-order chi connectivity index (χ0) is 19.7. The SMILES string of the molecule is O=C(C[C@H]1C[C@H]2CC[C@@H]1C2)Nc1cccc(S(=O)(=O)Nc2ccccc2Cl)c1. The number of fused-ring (bicyclic) bond motifs is 2. The molecule has 0 aromatic heterocycles. The lowest BCUT2D eigenvalue weighted by atomic mass is 9.86. The summed E-state index contributed by atoms with van der Waals surface area (Å²) >= 11 is 6.04. The number of hydrogen-bond donors (Lipinski definition) is 2. The molecule has 28 heavy (non-hydrogen) atoms. The normalized spacial score (nSPS) is 23.5. The summed E-state index contributed by atoms with van der Waals surface area (Å²) in [6.07, 6.45) is 5.47. The number of rotatable bonds is 6. The third-order valence-corrected chi connectivity index (χ3v) is 7.57. The van der Waals surface area contributed by atoms with Crippen LogP contribution in [0.2, 0.25) is 5.02 Å². The highest BCUT2D eigenvalue weighted by molar-refractivity contribution is 7.92. The summed E-state index contributed by atoms with van der Waals surface area (Å²) in [5.41, 5.74) is 0.796. The average molecular weight is 419 g/mol. The van der Waals surface area contributed by atoms with E-state index in [-0.39, 0.29) is 10.8 Å². The Morgan fingerprint density at radius 1 is 1.07 bits per heavy atom. The minimum absolute atomic E-state index is 0.0499. The van der Waals surface area contributed by atoms with E-state index in [0.717, 1.165) is 12.3 Å². The van der Waals surface area contributed by atoms with Gasteiger partial charge in [0.1, 0.15) is 0 Å². The van der Waals surface area contributed by atoms with Crippen LogP contribution in [0.3, 0.4) is 0 Å². The number of benzene rings is 2. The van der Waals surface area contributed by atoms with Gasteiger partial charge in [0, 0.05) is 12.1 Å². The molecule has 0 radical (unpaired) electrons. The number of amides is 1. The number of para-hydroxylation sites is 1. The van der Waals surface area contributed by atoms with Crippen molar-refractivity contribution in [3.05, 3.63) is 53.6 Å². The van der Waals surface area contributed by atoms with E-state index < -0.39 is 10.0 Å². The number of hydrogen-bond acceptors (Lipinski definition) is 3. The molecule has 2 aliphatic rings. The van der Waals surface area contributed by atoms with Gasteiger partial charge in [-0.1, -0.05) is 36.2 Å². The van der Waals surface area contributed by atoms with Gasteiger partial charge in [0.2, 0.25) is 5.91 Å². The molecule has 0 aliphatic heterocycles. The van der Waals surface area contributed by atoms with Crippen LogP contribution >= 0.6 is 11.6 Å². The van der Waals surface area contributed by atoms with Gasteiger partial charge in [0.15, 0.2) is 0 Å². The molecule has 4 rings (SSSR count). The number of nitrogens with one attached hydrogen (secondary N) is 2. The maximum Gasteiger partial charge on any atom is 0.262 e. The Morgan fingerprint density at radius 3 is 2.61 bits per heavy atom. The smallest absolute Gasteiger partial charge is 0.262 e. The second kappa shape index (κ2) is 7.76. The van der Waals surface area contributed by atoms with E-state index >= 15 is 0 Å². The molecular formula is C21H23ClN2O3S. The highest BCUT2D eigenvalue weighted by Crippen LogP contribution is 2.49. The van der Waals surface area contributed by atoms with Crippen LogP contribution < -0.4 is 10.0 Å². The predicted octanol–water partition coefficient (Wildman–Crippen LogP) is 4.91. The second-order valence-electron chi connectivity index (χ2n) is 7.80. The van der Waals surface area contributed by atoms with Gasteiger partial charge in [-0.25, -0.2) is 8.42 Å². The van der Waals surface area contributed by atoms with E-state index in [2.05, 4.69) is 10.0 Å². The fraction of sp³-hybridized carbons (Fsp3) is 0.381. The van der Waals surface area contributed by atoms with Crippen molar-refractivity contribution < 1.29 is 13.2 Å². The zero-order valence-electron chi connectivity index (χ0n) is 15.4. The molecule has 2 aliphatic carbocycles. The summed E-state index contributed by atoms with van der Waals surface area (Å²) in [6.45, 7) is 0. The van der Waals surface area contributed by atoms with Crippen molar-refractivity contribution in [1.29, 1.82) is 0 Å². The van der Waals surface area contributed by atoms with Crippen LogP contribution in [-0.4, -0.2) is 14.3 Å². The molecule has 2 aromatic rings. The molecule has 1 amide bonds. The number of halogens is 1. The highest BCUT2D eigenvalue weighted by Gasteiger charge is 2.40. The Kier molecular flexibility index (Phi) is 5.34. The third kappa shape index (κ3) is 4.18. The molecule has 7 heteroatoms. The molecule has 0 heterocycles. The van der Waals surface area contributed by atoms with Crippen molar-refractivity contribution in [2.45, 2.75) is 37.0 Å². The maximum absolute atomic E-state index is 12.7. The molecule has 2 bridgehead atoms. The Bertz CT molecular complexity index is 993. The van der Waals surface area contributed by atoms with Crippen molar-refractivity contribution in [2.75, 3.05) is 10.0 Å². The van der Waals surface area contributed by atoms with Crippen LogP contribution in [0.1, 0.15) is 32.1 Å². The van der Waals surface area contributed by atoms with E-state index in [1.54, 1.807) is 36.4 Å². The van der Waals surface area contributed by atoms with Crippen LogP contribution in [0.15, 0.2) is 53.4 Å². The van der Waals surface area contributed by atoms with Crippen molar-refractivity contribution in [2.24, 2.45) is 17.8 Å². The van der Waals surface area contributed by atoms with Crippen LogP contribution in [0.5, 0.6) is 0 Å². The molecule has 2 aromatic carbocycles. The fourth-order valence-corrected chi connectivity index (χ4v) is 5.93. The molecule has 2 fully saturated rings. The van der Waals surface area contributed by atoms with Gasteiger partial charge in [-0.3, -0.25) is 9.52 Å². The molecule has 5 nitrogen and oxygen atoms in total. The second-order valence-corrected chi connectivity index (χ2v) is 9.89. The molecule has 0 spiro atoms. The van der Waals surface area contributed by atoms with Gasteiger partial charge in [0.05, 0.1) is 15.6 Å². The first kappa shape index (κ1) is 19.3. The van der Waals surface area contributed by atoms with Crippen LogP contribution in [-0.2, 0) is 14.8 Å². The topological polar surface area (TPSA) is 75.3 Å². The van der Waals surface area contributed by atoms with E-state index in [1.807, 2.05) is 0 Å². The van der Waals surface area contributed by atoms with E-state index in [9.17, 15) is 13.2 Å². The Labute approximate surface area is 170 Å². The van der Waals surface area contributed by atoms with Crippen molar-refractivity contribution in [1.82, 2.24) is 0 Å². The lowest BCUT2D eigenvalue weighted by Crippen LogP contribution is -2.20. The standard InChI is InChI=1S/C21H23ClN2O3S/c22-19-6-1-2-7-20(19)24-28(26,27)18-5-3-4-17(13-18)23-21(25)12-16-11-14-8-9-15(16)10-14/h1-7,13-16,24H,8-12H2,(H,23,25)/t14-,15+,16+/m0/s1. The Hall–Kier alpha value is -2.05. The summed E-state index contributed by atoms with van der Waals surface area (Å²) in [6, 6.07) is 12.9. The lowest BCUT2D eigenvalue weighted by molar-refractivity contribution is -0.117. The van der Waals surface area contributed by atoms with Gasteiger partial charge >= 0.3 is 0 Å². The third-order valence-electron chi connectivity index (χ3n) is 5.88. The Morgan fingerprint density at radius 2 is 1.89 bits per heavy atom. The van der Waals surface area contributed by atoms with Gasteiger partial charge < -0.3 is 5.32 Å². The number of carbonyl (C=O) groups is 1. The molecular weight excluding hydrogens is 396 g/mol. The number of anilines is 2. The van der Waals surface area contributed by atoms with Crippen molar-refractivity contribution in [3.63, 3.8) is 0 Å². The van der Waals surface area contributed by atoms with E-state index in [1.165, 1.54) is 31.4 Å². The molecule has 148 valence electrons. The summed E-state index contributed by atoms with van der Waals surface area (Å²) in [5, 5.41) is 3.18. The largest absolute Gasteiger partial charge is 0.326 e. The molecule has 2 saturated carbocycles. The summed E-state index contributed by atoms with van der Waals surface area (Å²) in [4.78, 5) is 12.5. The maximum atomic E-state index is 12.7. The first-order valence-corrected chi connectivity index (χ1v) is 11.4. The molecule has 2 N–H and O–H groups in total. The van der Waals surface area contributed by atoms with Crippen LogP contribution in [0, 0.1) is 17.8 Å². The Balaban J connectivity index is 1.43. The lowest BCUT2D eigenvalue weighted by Gasteiger charge is -2.21. The summed E-state index contributed by atoms with van der Waals surface area (Å²) < 4.78 is 27.8. The highest BCUT2D eigenvalue weighted by atomic mass is 35.5. The van der Waals surface area contributed by atoms with Crippen LogP contribution in [0.4, 0.5) is 11.4 Å². The van der Waals surface area contributed by atoms with Crippen LogP contribution in [0.25, 0.3) is 0 Å². The summed E-state index contributed by atoms with van der Waals surface area (Å²) in [5.74, 6) is 1.90. The average Bonchev–Trinajstić information content (AvgIpc) is 3.27. The fourth-order valence-electron chi connectivity index (χ4n) is 4.57. The molecule has 3 atom stereocenters. The molecule has 0 saturated heterocycles. The predicted molar refractivity (Wildman–Crippen MR) is 111 cm³/mol. The summed E-state index contributed by atoms with van der Waals surface area (Å²) in [7, 11) is -3.81. The van der Waals surface area contributed by atoms with Gasteiger partial charge in [-0.2, -0.15) is 0 Å². The number of carbonyl (C=O) groups excluding carboxylic acids is 1. The minimum Gasteiger partial charge on any atom is -0.326 e.